The zero-order valence-electron chi connectivity index (χ0n) is 13.0. The molecule has 1 heterocycles. The molecule has 0 amide bonds. The van der Waals surface area contributed by atoms with E-state index < -0.39 is 0 Å². The maximum absolute atomic E-state index is 12.3. The number of nitrogens with zero attached hydrogens (tertiary/aromatic N) is 2. The van der Waals surface area contributed by atoms with Gasteiger partial charge in [0.05, 0.1) is 6.61 Å². The molecule has 0 atom stereocenters. The van der Waals surface area contributed by atoms with Crippen LogP contribution in [0.1, 0.15) is 24.8 Å². The Bertz CT molecular complexity index is 710. The molecule has 2 rings (SSSR count). The van der Waals surface area contributed by atoms with Gasteiger partial charge in [-0.2, -0.15) is 0 Å². The van der Waals surface area contributed by atoms with Crippen molar-refractivity contribution in [3.05, 3.63) is 69.0 Å². The summed E-state index contributed by atoms with van der Waals surface area (Å²) in [5, 5.41) is 0. The molecule has 23 heavy (non-hydrogen) atoms. The summed E-state index contributed by atoms with van der Waals surface area (Å²) in [6.45, 7) is 0.890. The lowest BCUT2D eigenvalue weighted by Crippen LogP contribution is -2.39. The number of hydrogen-bond acceptors (Lipinski definition) is 3. The minimum absolute atomic E-state index is 0.0465. The summed E-state index contributed by atoms with van der Waals surface area (Å²) >= 11 is 5.64. The molecule has 5 nitrogen and oxygen atoms in total. The molecule has 0 N–H and O–H groups in total. The molecule has 0 saturated heterocycles. The first-order chi connectivity index (χ1) is 11.2. The number of rotatable bonds is 9. The summed E-state index contributed by atoms with van der Waals surface area (Å²) in [4.78, 5) is 24.2. The van der Waals surface area contributed by atoms with Crippen LogP contribution in [0.15, 0.2) is 52.2 Å². The van der Waals surface area contributed by atoms with Crippen molar-refractivity contribution in [1.82, 2.24) is 9.13 Å². The summed E-state index contributed by atoms with van der Waals surface area (Å²) in [7, 11) is 0. The quantitative estimate of drug-likeness (QED) is 0.522. The van der Waals surface area contributed by atoms with Crippen LogP contribution in [0, 0.1) is 0 Å². The molecule has 0 aliphatic heterocycles. The van der Waals surface area contributed by atoms with Crippen LogP contribution in [0.5, 0.6) is 0 Å². The molecular weight excluding hydrogens is 316 g/mol. The van der Waals surface area contributed by atoms with Crippen molar-refractivity contribution in [2.45, 2.75) is 39.1 Å². The van der Waals surface area contributed by atoms with Gasteiger partial charge in [0.1, 0.15) is 6.73 Å². The number of unbranched alkanes of at least 4 members (excludes halogenated alkanes) is 2. The van der Waals surface area contributed by atoms with Crippen molar-refractivity contribution in [1.29, 1.82) is 0 Å². The summed E-state index contributed by atoms with van der Waals surface area (Å²) < 4.78 is 8.16. The lowest BCUT2D eigenvalue weighted by atomic mass is 10.2. The maximum Gasteiger partial charge on any atom is 0.332 e. The van der Waals surface area contributed by atoms with Gasteiger partial charge >= 0.3 is 5.69 Å². The predicted octanol–water partition coefficient (Wildman–Crippen LogP) is 2.59. The lowest BCUT2D eigenvalue weighted by Gasteiger charge is -2.10. The fourth-order valence-corrected chi connectivity index (χ4v) is 2.42. The van der Waals surface area contributed by atoms with Crippen molar-refractivity contribution in [2.24, 2.45) is 0 Å². The zero-order valence-corrected chi connectivity index (χ0v) is 13.7. The third-order valence-electron chi connectivity index (χ3n) is 3.50. The van der Waals surface area contributed by atoms with Crippen LogP contribution < -0.4 is 11.2 Å². The first-order valence-corrected chi connectivity index (χ1v) is 8.24. The second kappa shape index (κ2) is 9.33. The molecule has 0 saturated carbocycles. The fourth-order valence-electron chi connectivity index (χ4n) is 2.23. The first kappa shape index (κ1) is 17.5. The van der Waals surface area contributed by atoms with E-state index in [-0.39, 0.29) is 18.0 Å². The molecule has 0 bridgehead atoms. The molecule has 2 aromatic rings. The van der Waals surface area contributed by atoms with Gasteiger partial charge in [0, 0.05) is 24.7 Å². The highest BCUT2D eigenvalue weighted by atomic mass is 35.5. The predicted molar refractivity (Wildman–Crippen MR) is 90.8 cm³/mol. The Morgan fingerprint density at radius 3 is 2.52 bits per heavy atom. The Morgan fingerprint density at radius 1 is 1.00 bits per heavy atom. The van der Waals surface area contributed by atoms with Gasteiger partial charge in [-0.15, -0.1) is 11.6 Å². The normalized spacial score (nSPS) is 10.8. The van der Waals surface area contributed by atoms with Crippen LogP contribution in [0.3, 0.4) is 0 Å². The van der Waals surface area contributed by atoms with Gasteiger partial charge in [-0.05, 0) is 18.4 Å². The second-order valence-corrected chi connectivity index (χ2v) is 5.65. The third-order valence-corrected chi connectivity index (χ3v) is 3.77. The Balaban J connectivity index is 1.97. The Kier molecular flexibility index (Phi) is 7.10. The number of hydrogen-bond donors (Lipinski definition) is 0. The Hall–Kier alpha value is -1.85. The van der Waals surface area contributed by atoms with Crippen molar-refractivity contribution < 1.29 is 4.74 Å². The van der Waals surface area contributed by atoms with Crippen LogP contribution >= 0.6 is 11.6 Å². The smallest absolute Gasteiger partial charge is 0.332 e. The van der Waals surface area contributed by atoms with Gasteiger partial charge < -0.3 is 9.30 Å². The van der Waals surface area contributed by atoms with E-state index >= 15 is 0 Å². The van der Waals surface area contributed by atoms with E-state index in [9.17, 15) is 9.59 Å². The number of alkyl halides is 1. The summed E-state index contributed by atoms with van der Waals surface area (Å²) in [6.07, 6.45) is 4.28. The van der Waals surface area contributed by atoms with Crippen molar-refractivity contribution in [3.63, 3.8) is 0 Å². The molecule has 6 heteroatoms. The number of aryl methyl sites for hydroxylation is 1. The van der Waals surface area contributed by atoms with Gasteiger partial charge in [0.15, 0.2) is 0 Å². The number of ether oxygens (including phenoxy) is 1. The molecular formula is C17H21ClN2O3. The largest absolute Gasteiger partial charge is 0.356 e. The molecule has 1 aromatic carbocycles. The van der Waals surface area contributed by atoms with Crippen LogP contribution in [-0.2, 0) is 24.6 Å². The van der Waals surface area contributed by atoms with Crippen LogP contribution in [0.2, 0.25) is 0 Å². The highest BCUT2D eigenvalue weighted by molar-refractivity contribution is 6.17. The van der Waals surface area contributed by atoms with Gasteiger partial charge in [-0.1, -0.05) is 36.8 Å². The van der Waals surface area contributed by atoms with Gasteiger partial charge in [0.2, 0.25) is 0 Å². The molecule has 0 unspecified atom stereocenters. The molecule has 0 spiro atoms. The minimum atomic E-state index is -0.347. The molecule has 0 fully saturated rings. The minimum Gasteiger partial charge on any atom is -0.356 e. The van der Waals surface area contributed by atoms with Crippen molar-refractivity contribution in [3.8, 4) is 0 Å². The molecule has 0 aliphatic rings. The number of benzene rings is 1. The SMILES string of the molecule is O=c1ccn(CCCCCCl)c(=O)n1COCc1ccccc1. The average Bonchev–Trinajstić information content (AvgIpc) is 2.57. The van der Waals surface area contributed by atoms with Gasteiger partial charge in [0.25, 0.3) is 5.56 Å². The Labute approximate surface area is 140 Å². The summed E-state index contributed by atoms with van der Waals surface area (Å²) in [5.41, 5.74) is 0.314. The average molecular weight is 337 g/mol. The van der Waals surface area contributed by atoms with E-state index in [0.29, 0.717) is 19.0 Å². The van der Waals surface area contributed by atoms with E-state index in [4.69, 9.17) is 16.3 Å². The highest BCUT2D eigenvalue weighted by Gasteiger charge is 2.05. The molecule has 124 valence electrons. The summed E-state index contributed by atoms with van der Waals surface area (Å²) in [6, 6.07) is 11.0. The third kappa shape index (κ3) is 5.37. The van der Waals surface area contributed by atoms with Gasteiger partial charge in [-0.3, -0.25) is 4.79 Å². The van der Waals surface area contributed by atoms with Gasteiger partial charge in [-0.25, -0.2) is 9.36 Å². The zero-order chi connectivity index (χ0) is 16.5. The second-order valence-electron chi connectivity index (χ2n) is 5.27. The van der Waals surface area contributed by atoms with E-state index in [1.807, 2.05) is 30.3 Å². The summed E-state index contributed by atoms with van der Waals surface area (Å²) in [5.74, 6) is 0.627. The van der Waals surface area contributed by atoms with Crippen molar-refractivity contribution >= 4 is 11.6 Å². The van der Waals surface area contributed by atoms with Crippen LogP contribution in [0.25, 0.3) is 0 Å². The number of aromatic nitrogens is 2. The highest BCUT2D eigenvalue weighted by Crippen LogP contribution is 2.01. The standard InChI is InChI=1S/C17H21ClN2O3/c18-10-5-2-6-11-19-12-9-16(21)20(17(19)22)14-23-13-15-7-3-1-4-8-15/h1,3-4,7-9,12H,2,5-6,10-11,13-14H2. The lowest BCUT2D eigenvalue weighted by molar-refractivity contribution is 0.0578. The van der Waals surface area contributed by atoms with E-state index in [1.54, 1.807) is 10.8 Å². The van der Waals surface area contributed by atoms with Crippen molar-refractivity contribution in [2.75, 3.05) is 5.88 Å². The fraction of sp³-hybridized carbons (Fsp3) is 0.412. The van der Waals surface area contributed by atoms with Crippen LogP contribution in [-0.4, -0.2) is 15.0 Å². The monoisotopic (exact) mass is 336 g/mol. The van der Waals surface area contributed by atoms with E-state index in [0.717, 1.165) is 29.4 Å². The van der Waals surface area contributed by atoms with E-state index in [1.165, 1.54) is 6.07 Å². The van der Waals surface area contributed by atoms with Crippen LogP contribution in [0.4, 0.5) is 0 Å². The molecule has 0 aliphatic carbocycles. The van der Waals surface area contributed by atoms with E-state index in [2.05, 4.69) is 0 Å². The first-order valence-electron chi connectivity index (χ1n) is 7.70. The molecule has 1 aromatic heterocycles. The molecule has 0 radical (unpaired) electrons. The topological polar surface area (TPSA) is 53.2 Å². The Morgan fingerprint density at radius 2 is 1.78 bits per heavy atom. The number of halogens is 1. The maximum atomic E-state index is 12.3.